The molecule has 0 amide bonds. The average Bonchev–Trinajstić information content (AvgIpc) is 3.09. The van der Waals surface area contributed by atoms with Crippen molar-refractivity contribution in [2.45, 2.75) is 46.1 Å². The van der Waals surface area contributed by atoms with Crippen molar-refractivity contribution in [2.24, 2.45) is 4.99 Å². The lowest BCUT2D eigenvalue weighted by Crippen LogP contribution is -2.51. The van der Waals surface area contributed by atoms with E-state index < -0.39 is 0 Å². The van der Waals surface area contributed by atoms with Gasteiger partial charge in [0.05, 0.1) is 11.4 Å². The molecule has 0 saturated carbocycles. The van der Waals surface area contributed by atoms with Crippen molar-refractivity contribution in [3.8, 4) is 0 Å². The van der Waals surface area contributed by atoms with E-state index in [4.69, 9.17) is 0 Å². The fourth-order valence-corrected chi connectivity index (χ4v) is 3.33. The molecule has 0 radical (unpaired) electrons. The zero-order valence-corrected chi connectivity index (χ0v) is 16.8. The lowest BCUT2D eigenvalue weighted by atomic mass is 9.83. The van der Waals surface area contributed by atoms with Crippen molar-refractivity contribution >= 4 is 5.71 Å². The molecule has 138 valence electrons. The van der Waals surface area contributed by atoms with Crippen LogP contribution in [0.2, 0.25) is 0 Å². The van der Waals surface area contributed by atoms with E-state index in [2.05, 4.69) is 80.7 Å². The molecule has 2 heterocycles. The van der Waals surface area contributed by atoms with Gasteiger partial charge in [0.25, 0.3) is 0 Å². The zero-order valence-electron chi connectivity index (χ0n) is 16.8. The van der Waals surface area contributed by atoms with Gasteiger partial charge in [-0.05, 0) is 50.5 Å². The fourth-order valence-electron chi connectivity index (χ4n) is 3.33. The summed E-state index contributed by atoms with van der Waals surface area (Å²) in [5, 5.41) is 3.53. The predicted octanol–water partition coefficient (Wildman–Crippen LogP) is 5.41. The molecule has 2 aliphatic rings. The minimum absolute atomic E-state index is 0.178. The molecular formula is C23H31N3. The fraction of sp³-hybridized carbons (Fsp3) is 0.348. The molecule has 0 unspecified atom stereocenters. The number of rotatable bonds is 5. The van der Waals surface area contributed by atoms with E-state index in [0.717, 1.165) is 30.1 Å². The number of nitrogens with zero attached hydrogens (tertiary/aromatic N) is 2. The highest BCUT2D eigenvalue weighted by Gasteiger charge is 2.36. The number of nitrogens with one attached hydrogen (secondary N) is 1. The second-order valence-electron chi connectivity index (χ2n) is 6.98. The maximum Gasteiger partial charge on any atom is 0.0985 e. The molecule has 3 nitrogen and oxygen atoms in total. The third-order valence-electron chi connectivity index (χ3n) is 5.08. The Hall–Kier alpha value is -2.55. The van der Waals surface area contributed by atoms with Gasteiger partial charge in [0.2, 0.25) is 0 Å². The maximum atomic E-state index is 4.63. The Bertz CT molecular complexity index is 751. The summed E-state index contributed by atoms with van der Waals surface area (Å²) in [5.41, 5.74) is 5.66. The highest BCUT2D eigenvalue weighted by Crippen LogP contribution is 2.35. The first-order chi connectivity index (χ1) is 12.3. The van der Waals surface area contributed by atoms with E-state index in [9.17, 15) is 0 Å². The van der Waals surface area contributed by atoms with Gasteiger partial charge in [-0.3, -0.25) is 4.99 Å². The Morgan fingerprint density at radius 1 is 1.19 bits per heavy atom. The summed E-state index contributed by atoms with van der Waals surface area (Å²) >= 11 is 0. The van der Waals surface area contributed by atoms with Gasteiger partial charge in [-0.25, -0.2) is 0 Å². The second kappa shape index (κ2) is 8.22. The Morgan fingerprint density at radius 2 is 1.85 bits per heavy atom. The van der Waals surface area contributed by atoms with Crippen LogP contribution in [0.25, 0.3) is 0 Å². The van der Waals surface area contributed by atoms with Gasteiger partial charge in [-0.15, -0.1) is 0 Å². The lowest BCUT2D eigenvalue weighted by molar-refractivity contribution is 0.297. The third-order valence-corrected chi connectivity index (χ3v) is 5.08. The smallest absolute Gasteiger partial charge is 0.0985 e. The molecule has 0 bridgehead atoms. The van der Waals surface area contributed by atoms with Gasteiger partial charge < -0.3 is 10.2 Å². The van der Waals surface area contributed by atoms with E-state index in [1.54, 1.807) is 0 Å². The molecule has 0 aliphatic carbocycles. The summed E-state index contributed by atoms with van der Waals surface area (Å²) in [5.74, 6) is 0.883. The molecule has 3 heteroatoms. The van der Waals surface area contributed by atoms with Crippen LogP contribution in [-0.2, 0) is 0 Å². The summed E-state index contributed by atoms with van der Waals surface area (Å²) in [6, 6.07) is 0. The van der Waals surface area contributed by atoms with E-state index in [0.29, 0.717) is 0 Å². The van der Waals surface area contributed by atoms with Gasteiger partial charge in [0.15, 0.2) is 0 Å². The van der Waals surface area contributed by atoms with Crippen LogP contribution in [0.15, 0.2) is 89.0 Å². The molecule has 0 aromatic carbocycles. The molecule has 26 heavy (non-hydrogen) atoms. The molecule has 1 saturated heterocycles. The predicted molar refractivity (Wildman–Crippen MR) is 114 cm³/mol. The molecule has 0 aromatic heterocycles. The van der Waals surface area contributed by atoms with Crippen molar-refractivity contribution < 1.29 is 0 Å². The Balaban J connectivity index is 2.08. The SMILES string of the molecule is C=C1C[C@@](C)(C2=CN=C(\C=C/C(=C\C)C(/C=C\C)=C/C)C2)NC(=C)N1C. The van der Waals surface area contributed by atoms with Gasteiger partial charge in [0.1, 0.15) is 0 Å². The van der Waals surface area contributed by atoms with Crippen LogP contribution in [-0.4, -0.2) is 23.2 Å². The largest absolute Gasteiger partial charge is 0.363 e. The summed E-state index contributed by atoms with van der Waals surface area (Å²) < 4.78 is 0. The van der Waals surface area contributed by atoms with Gasteiger partial charge >= 0.3 is 0 Å². The molecule has 0 spiro atoms. The van der Waals surface area contributed by atoms with Crippen LogP contribution in [0.3, 0.4) is 0 Å². The highest BCUT2D eigenvalue weighted by atomic mass is 15.3. The highest BCUT2D eigenvalue weighted by molar-refractivity contribution is 5.99. The van der Waals surface area contributed by atoms with Crippen LogP contribution in [0.1, 0.15) is 40.5 Å². The monoisotopic (exact) mass is 349 g/mol. The topological polar surface area (TPSA) is 27.6 Å². The quantitative estimate of drug-likeness (QED) is 0.672. The van der Waals surface area contributed by atoms with Crippen LogP contribution in [0.4, 0.5) is 0 Å². The van der Waals surface area contributed by atoms with Crippen molar-refractivity contribution in [2.75, 3.05) is 7.05 Å². The van der Waals surface area contributed by atoms with Crippen molar-refractivity contribution in [3.63, 3.8) is 0 Å². The van der Waals surface area contributed by atoms with Crippen molar-refractivity contribution in [3.05, 3.63) is 84.1 Å². The van der Waals surface area contributed by atoms with Gasteiger partial charge in [0, 0.05) is 37.5 Å². The van der Waals surface area contributed by atoms with Crippen LogP contribution in [0, 0.1) is 0 Å². The summed E-state index contributed by atoms with van der Waals surface area (Å²) in [7, 11) is 1.99. The number of aliphatic imine (C=N–C) groups is 1. The second-order valence-corrected chi connectivity index (χ2v) is 6.98. The zero-order chi connectivity index (χ0) is 19.3. The third kappa shape index (κ3) is 4.16. The molecule has 0 aromatic rings. The van der Waals surface area contributed by atoms with E-state index in [1.165, 1.54) is 16.7 Å². The first-order valence-electron chi connectivity index (χ1n) is 9.13. The normalized spacial score (nSPS) is 25.2. The standard InChI is InChI=1S/C23H31N3/c1-8-11-19(9-2)20(10-3)12-13-22-14-21(16-24-22)23(6)15-17(4)26(7)18(5)25-23/h8-13,16,25H,4-5,14-15H2,1-3,6-7H3/b11-8-,13-12-,19-9+,20-10+/t23-/m0/s1. The number of allylic oxidation sites excluding steroid dienone is 8. The van der Waals surface area contributed by atoms with Gasteiger partial charge in [-0.1, -0.05) is 43.5 Å². The maximum absolute atomic E-state index is 4.63. The van der Waals surface area contributed by atoms with Crippen LogP contribution in [0.5, 0.6) is 0 Å². The Morgan fingerprint density at radius 3 is 2.42 bits per heavy atom. The average molecular weight is 350 g/mol. The molecule has 1 fully saturated rings. The minimum Gasteiger partial charge on any atom is -0.363 e. The Labute approximate surface area is 158 Å². The van der Waals surface area contributed by atoms with E-state index in [1.807, 2.05) is 25.1 Å². The Kier molecular flexibility index (Phi) is 6.25. The van der Waals surface area contributed by atoms with E-state index >= 15 is 0 Å². The summed E-state index contributed by atoms with van der Waals surface area (Å²) in [6.45, 7) is 16.6. The van der Waals surface area contributed by atoms with Crippen LogP contribution < -0.4 is 5.32 Å². The molecule has 2 rings (SSSR count). The van der Waals surface area contributed by atoms with Crippen molar-refractivity contribution in [1.29, 1.82) is 0 Å². The van der Waals surface area contributed by atoms with Crippen molar-refractivity contribution in [1.82, 2.24) is 10.2 Å². The molecule has 2 aliphatic heterocycles. The molecular weight excluding hydrogens is 318 g/mol. The lowest BCUT2D eigenvalue weighted by Gasteiger charge is -2.44. The molecule has 1 N–H and O–H groups in total. The number of hydrogen-bond acceptors (Lipinski definition) is 3. The van der Waals surface area contributed by atoms with E-state index in [-0.39, 0.29) is 5.54 Å². The summed E-state index contributed by atoms with van der Waals surface area (Å²) in [6.07, 6.45) is 16.4. The molecule has 1 atom stereocenters. The first-order valence-corrected chi connectivity index (χ1v) is 9.13. The number of hydrogen-bond donors (Lipinski definition) is 1. The van der Waals surface area contributed by atoms with Gasteiger partial charge in [-0.2, -0.15) is 0 Å². The first kappa shape index (κ1) is 19.8. The summed E-state index contributed by atoms with van der Waals surface area (Å²) in [4.78, 5) is 6.65. The minimum atomic E-state index is -0.178. The van der Waals surface area contributed by atoms with Crippen LogP contribution >= 0.6 is 0 Å².